The lowest BCUT2D eigenvalue weighted by Gasteiger charge is -2.05. The van der Waals surface area contributed by atoms with Gasteiger partial charge in [-0.1, -0.05) is 17.7 Å². The second-order valence-corrected chi connectivity index (χ2v) is 3.63. The summed E-state index contributed by atoms with van der Waals surface area (Å²) in [6.07, 6.45) is 1.97. The molecule has 0 saturated carbocycles. The number of hydrogen-bond acceptors (Lipinski definition) is 2. The van der Waals surface area contributed by atoms with E-state index >= 15 is 0 Å². The van der Waals surface area contributed by atoms with Crippen molar-refractivity contribution in [2.45, 2.75) is 13.8 Å². The number of carbonyl (C=O) groups is 1. The third kappa shape index (κ3) is 2.83. The van der Waals surface area contributed by atoms with Crippen molar-refractivity contribution in [3.8, 4) is 0 Å². The molecule has 0 aliphatic heterocycles. The molecule has 0 spiro atoms. The van der Waals surface area contributed by atoms with Gasteiger partial charge in [0.1, 0.15) is 0 Å². The van der Waals surface area contributed by atoms with Crippen LogP contribution in [0.15, 0.2) is 24.3 Å². The predicted molar refractivity (Wildman–Crippen MR) is 62.1 cm³/mol. The van der Waals surface area contributed by atoms with E-state index in [4.69, 9.17) is 11.6 Å². The maximum absolute atomic E-state index is 11.3. The SMILES string of the molecule is CC=C(C)c1cc(Cl)cc(C(=O)OC)c1. The Morgan fingerprint density at radius 2 is 1.93 bits per heavy atom. The van der Waals surface area contributed by atoms with Crippen LogP contribution in [-0.2, 0) is 4.74 Å². The van der Waals surface area contributed by atoms with Gasteiger partial charge in [0.2, 0.25) is 0 Å². The first-order valence-corrected chi connectivity index (χ1v) is 4.98. The Labute approximate surface area is 94.5 Å². The first-order valence-electron chi connectivity index (χ1n) is 4.60. The molecule has 1 aromatic rings. The van der Waals surface area contributed by atoms with Crippen LogP contribution in [0.1, 0.15) is 29.8 Å². The van der Waals surface area contributed by atoms with Gasteiger partial charge < -0.3 is 4.74 Å². The topological polar surface area (TPSA) is 26.3 Å². The number of rotatable bonds is 2. The lowest BCUT2D eigenvalue weighted by Crippen LogP contribution is -2.01. The summed E-state index contributed by atoms with van der Waals surface area (Å²) < 4.78 is 4.64. The summed E-state index contributed by atoms with van der Waals surface area (Å²) in [5.41, 5.74) is 2.48. The summed E-state index contributed by atoms with van der Waals surface area (Å²) in [5, 5.41) is 0.536. The summed E-state index contributed by atoms with van der Waals surface area (Å²) >= 11 is 5.92. The molecule has 1 rings (SSSR count). The van der Waals surface area contributed by atoms with Gasteiger partial charge in [-0.15, -0.1) is 0 Å². The lowest BCUT2D eigenvalue weighted by atomic mass is 10.0. The fourth-order valence-corrected chi connectivity index (χ4v) is 1.45. The third-order valence-electron chi connectivity index (χ3n) is 2.21. The van der Waals surface area contributed by atoms with Crippen LogP contribution >= 0.6 is 11.6 Å². The van der Waals surface area contributed by atoms with Gasteiger partial charge in [0.05, 0.1) is 12.7 Å². The highest BCUT2D eigenvalue weighted by atomic mass is 35.5. The molecule has 0 aromatic heterocycles. The highest BCUT2D eigenvalue weighted by Gasteiger charge is 2.08. The number of halogens is 1. The molecule has 3 heteroatoms. The zero-order valence-electron chi connectivity index (χ0n) is 9.00. The molecule has 0 saturated heterocycles. The maximum atomic E-state index is 11.3. The lowest BCUT2D eigenvalue weighted by molar-refractivity contribution is 0.0600. The number of allylic oxidation sites excluding steroid dienone is 2. The highest BCUT2D eigenvalue weighted by Crippen LogP contribution is 2.21. The largest absolute Gasteiger partial charge is 0.465 e. The van der Waals surface area contributed by atoms with Crippen molar-refractivity contribution in [3.05, 3.63) is 40.4 Å². The summed E-state index contributed by atoms with van der Waals surface area (Å²) in [7, 11) is 1.35. The summed E-state index contributed by atoms with van der Waals surface area (Å²) in [5.74, 6) is -0.373. The zero-order chi connectivity index (χ0) is 11.4. The van der Waals surface area contributed by atoms with Crippen LogP contribution in [0, 0.1) is 0 Å². The van der Waals surface area contributed by atoms with E-state index < -0.39 is 0 Å². The molecular weight excluding hydrogens is 212 g/mol. The Bertz CT molecular complexity index is 408. The Kier molecular flexibility index (Phi) is 3.92. The van der Waals surface area contributed by atoms with E-state index in [0.29, 0.717) is 10.6 Å². The third-order valence-corrected chi connectivity index (χ3v) is 2.43. The smallest absolute Gasteiger partial charge is 0.337 e. The van der Waals surface area contributed by atoms with Crippen molar-refractivity contribution in [1.82, 2.24) is 0 Å². The van der Waals surface area contributed by atoms with Crippen molar-refractivity contribution >= 4 is 23.1 Å². The Morgan fingerprint density at radius 1 is 1.33 bits per heavy atom. The van der Waals surface area contributed by atoms with Gasteiger partial charge in [-0.25, -0.2) is 4.79 Å². The van der Waals surface area contributed by atoms with E-state index in [1.165, 1.54) is 7.11 Å². The molecule has 0 N–H and O–H groups in total. The first kappa shape index (κ1) is 11.8. The van der Waals surface area contributed by atoms with Crippen LogP contribution in [0.4, 0.5) is 0 Å². The van der Waals surface area contributed by atoms with Gasteiger partial charge >= 0.3 is 5.97 Å². The molecule has 0 fully saturated rings. The molecule has 2 nitrogen and oxygen atoms in total. The fraction of sp³-hybridized carbons (Fsp3) is 0.250. The van der Waals surface area contributed by atoms with Crippen molar-refractivity contribution < 1.29 is 9.53 Å². The second kappa shape index (κ2) is 4.99. The number of esters is 1. The monoisotopic (exact) mass is 224 g/mol. The van der Waals surface area contributed by atoms with E-state index in [2.05, 4.69) is 4.74 Å². The number of carbonyl (C=O) groups excluding carboxylic acids is 1. The first-order chi connectivity index (χ1) is 7.08. The Morgan fingerprint density at radius 3 is 2.47 bits per heavy atom. The van der Waals surface area contributed by atoms with Crippen molar-refractivity contribution in [2.75, 3.05) is 7.11 Å². The van der Waals surface area contributed by atoms with Gasteiger partial charge in [-0.3, -0.25) is 0 Å². The van der Waals surface area contributed by atoms with Crippen molar-refractivity contribution in [3.63, 3.8) is 0 Å². The normalized spacial score (nSPS) is 11.3. The van der Waals surface area contributed by atoms with Crippen molar-refractivity contribution in [2.24, 2.45) is 0 Å². The van der Waals surface area contributed by atoms with Crippen LogP contribution in [0.25, 0.3) is 5.57 Å². The molecule has 80 valence electrons. The molecule has 0 aliphatic rings. The van der Waals surface area contributed by atoms with E-state index in [1.807, 2.05) is 26.0 Å². The van der Waals surface area contributed by atoms with Gasteiger partial charge in [-0.2, -0.15) is 0 Å². The number of hydrogen-bond donors (Lipinski definition) is 0. The summed E-state index contributed by atoms with van der Waals surface area (Å²) in [4.78, 5) is 11.3. The summed E-state index contributed by atoms with van der Waals surface area (Å²) in [6, 6.07) is 5.19. The van der Waals surface area contributed by atoms with Crippen LogP contribution in [-0.4, -0.2) is 13.1 Å². The maximum Gasteiger partial charge on any atom is 0.337 e. The van der Waals surface area contributed by atoms with E-state index in [-0.39, 0.29) is 5.97 Å². The summed E-state index contributed by atoms with van der Waals surface area (Å²) in [6.45, 7) is 3.90. The average Bonchev–Trinajstić information content (AvgIpc) is 2.26. The molecule has 0 aliphatic carbocycles. The van der Waals surface area contributed by atoms with Gasteiger partial charge in [0, 0.05) is 5.02 Å². The molecule has 1 aromatic carbocycles. The van der Waals surface area contributed by atoms with Crippen LogP contribution in [0.3, 0.4) is 0 Å². The quantitative estimate of drug-likeness (QED) is 0.719. The molecule has 0 atom stereocenters. The van der Waals surface area contributed by atoms with E-state index in [1.54, 1.807) is 12.1 Å². The van der Waals surface area contributed by atoms with Crippen LogP contribution in [0.5, 0.6) is 0 Å². The van der Waals surface area contributed by atoms with E-state index in [9.17, 15) is 4.79 Å². The predicted octanol–water partition coefficient (Wildman–Crippen LogP) is 3.55. The van der Waals surface area contributed by atoms with E-state index in [0.717, 1.165) is 11.1 Å². The molecule has 0 radical (unpaired) electrons. The molecule has 0 bridgehead atoms. The number of ether oxygens (including phenoxy) is 1. The molecule has 0 unspecified atom stereocenters. The number of methoxy groups -OCH3 is 1. The van der Waals surface area contributed by atoms with Gasteiger partial charge in [0.25, 0.3) is 0 Å². The Hall–Kier alpha value is -1.28. The molecule has 0 heterocycles. The van der Waals surface area contributed by atoms with Gasteiger partial charge in [0.15, 0.2) is 0 Å². The minimum atomic E-state index is -0.373. The van der Waals surface area contributed by atoms with Crippen LogP contribution in [0.2, 0.25) is 5.02 Å². The molecular formula is C12H13ClO2. The fourth-order valence-electron chi connectivity index (χ4n) is 1.22. The zero-order valence-corrected chi connectivity index (χ0v) is 9.76. The second-order valence-electron chi connectivity index (χ2n) is 3.19. The van der Waals surface area contributed by atoms with Crippen molar-refractivity contribution in [1.29, 1.82) is 0 Å². The molecule has 0 amide bonds. The Balaban J connectivity index is 3.22. The minimum absolute atomic E-state index is 0.373. The van der Waals surface area contributed by atoms with Gasteiger partial charge in [-0.05, 0) is 43.2 Å². The molecule has 15 heavy (non-hydrogen) atoms. The number of benzene rings is 1. The average molecular weight is 225 g/mol. The standard InChI is InChI=1S/C12H13ClO2/c1-4-8(2)9-5-10(12(14)15-3)7-11(13)6-9/h4-7H,1-3H3. The van der Waals surface area contributed by atoms with Crippen LogP contribution < -0.4 is 0 Å². The highest BCUT2D eigenvalue weighted by molar-refractivity contribution is 6.31. The minimum Gasteiger partial charge on any atom is -0.465 e.